The normalized spacial score (nSPS) is 12.5. The molecule has 4 rings (SSSR count). The minimum Gasteiger partial charge on any atom is -0.506 e. The molecule has 2 aromatic heterocycles. The standard InChI is InChI=1S/C22H16ClF3N2O5S/c1-10(12-4-3-5-15(29)18(12)23)32-16-9-17(34-19(16)21(30)31-2)20-27-13-7-6-11(8-14(13)28-20)33-22(24,25)26/h3-10,29H,1-2H3,(H,27,28)/t10-/m1/s1. The number of halogens is 4. The SMILES string of the molecule is COC(=O)c1sc(-c2nc3ccc(OC(F)(F)F)cc3[nH]2)cc1O[C@H](C)c1cccc(O)c1Cl. The number of thiophene rings is 1. The quantitative estimate of drug-likeness (QED) is 0.287. The summed E-state index contributed by atoms with van der Waals surface area (Å²) in [4.78, 5) is 20.3. The van der Waals surface area contributed by atoms with Gasteiger partial charge in [0.1, 0.15) is 29.2 Å². The number of imidazole rings is 1. The number of carbonyl (C=O) groups excluding carboxylic acids is 1. The van der Waals surface area contributed by atoms with Crippen molar-refractivity contribution in [2.75, 3.05) is 7.11 Å². The molecule has 0 aliphatic heterocycles. The van der Waals surface area contributed by atoms with Crippen molar-refractivity contribution in [2.45, 2.75) is 19.4 Å². The largest absolute Gasteiger partial charge is 0.573 e. The van der Waals surface area contributed by atoms with E-state index >= 15 is 0 Å². The average Bonchev–Trinajstić information content (AvgIpc) is 3.37. The van der Waals surface area contributed by atoms with Crippen molar-refractivity contribution >= 4 is 39.9 Å². The number of alkyl halides is 3. The van der Waals surface area contributed by atoms with E-state index in [1.807, 2.05) is 0 Å². The van der Waals surface area contributed by atoms with Gasteiger partial charge in [0.25, 0.3) is 0 Å². The van der Waals surface area contributed by atoms with Crippen LogP contribution in [0.15, 0.2) is 42.5 Å². The van der Waals surface area contributed by atoms with E-state index in [1.54, 1.807) is 25.1 Å². The fraction of sp³-hybridized carbons (Fsp3) is 0.182. The van der Waals surface area contributed by atoms with Crippen LogP contribution in [0.4, 0.5) is 13.2 Å². The molecule has 0 amide bonds. The van der Waals surface area contributed by atoms with Crippen LogP contribution in [0, 0.1) is 0 Å². The molecule has 0 fully saturated rings. The fourth-order valence-electron chi connectivity index (χ4n) is 3.22. The Kier molecular flexibility index (Phi) is 6.32. The Hall–Kier alpha value is -3.44. The van der Waals surface area contributed by atoms with Crippen LogP contribution < -0.4 is 9.47 Å². The molecule has 0 spiro atoms. The number of nitrogens with one attached hydrogen (secondary N) is 1. The average molecular weight is 513 g/mol. The summed E-state index contributed by atoms with van der Waals surface area (Å²) in [5.41, 5.74) is 1.22. The van der Waals surface area contributed by atoms with Crippen molar-refractivity contribution in [1.82, 2.24) is 9.97 Å². The number of phenolic OH excluding ortho intramolecular Hbond substituents is 1. The number of hydrogen-bond acceptors (Lipinski definition) is 7. The van der Waals surface area contributed by atoms with Crippen LogP contribution in [0.3, 0.4) is 0 Å². The summed E-state index contributed by atoms with van der Waals surface area (Å²) in [6.07, 6.45) is -5.45. The zero-order chi connectivity index (χ0) is 24.6. The maximum Gasteiger partial charge on any atom is 0.573 e. The van der Waals surface area contributed by atoms with E-state index in [9.17, 15) is 23.1 Å². The first kappa shape index (κ1) is 23.7. The Balaban J connectivity index is 1.69. The first-order valence-electron chi connectivity index (χ1n) is 9.67. The number of esters is 1. The monoisotopic (exact) mass is 512 g/mol. The topological polar surface area (TPSA) is 93.7 Å². The van der Waals surface area contributed by atoms with Gasteiger partial charge in [-0.15, -0.1) is 24.5 Å². The summed E-state index contributed by atoms with van der Waals surface area (Å²) in [6, 6.07) is 10.0. The number of benzene rings is 2. The summed E-state index contributed by atoms with van der Waals surface area (Å²) in [5, 5.41) is 9.98. The summed E-state index contributed by atoms with van der Waals surface area (Å²) in [7, 11) is 1.23. The number of hydrogen-bond donors (Lipinski definition) is 2. The Morgan fingerprint density at radius 3 is 2.71 bits per heavy atom. The summed E-state index contributed by atoms with van der Waals surface area (Å²) in [5.74, 6) is -0.632. The lowest BCUT2D eigenvalue weighted by Gasteiger charge is -2.16. The molecule has 4 aromatic rings. The second kappa shape index (κ2) is 9.07. The number of aromatic nitrogens is 2. The molecule has 12 heteroatoms. The fourth-order valence-corrected chi connectivity index (χ4v) is 4.45. The Morgan fingerprint density at radius 2 is 2.00 bits per heavy atom. The molecule has 1 atom stereocenters. The molecule has 178 valence electrons. The minimum absolute atomic E-state index is 0.107. The van der Waals surface area contributed by atoms with E-state index in [4.69, 9.17) is 21.1 Å². The van der Waals surface area contributed by atoms with Gasteiger partial charge < -0.3 is 24.3 Å². The lowest BCUT2D eigenvalue weighted by atomic mass is 10.1. The van der Waals surface area contributed by atoms with E-state index in [0.29, 0.717) is 27.3 Å². The van der Waals surface area contributed by atoms with E-state index in [0.717, 1.165) is 17.4 Å². The number of fused-ring (bicyclic) bond motifs is 1. The van der Waals surface area contributed by atoms with Crippen LogP contribution in [0.2, 0.25) is 5.02 Å². The van der Waals surface area contributed by atoms with E-state index in [-0.39, 0.29) is 21.4 Å². The van der Waals surface area contributed by atoms with Crippen LogP contribution in [0.25, 0.3) is 21.7 Å². The van der Waals surface area contributed by atoms with Gasteiger partial charge in [0.15, 0.2) is 4.88 Å². The Bertz CT molecular complexity index is 1370. The summed E-state index contributed by atoms with van der Waals surface area (Å²) >= 11 is 7.20. The van der Waals surface area contributed by atoms with Crippen LogP contribution in [-0.4, -0.2) is 34.5 Å². The number of phenols is 1. The summed E-state index contributed by atoms with van der Waals surface area (Å²) < 4.78 is 52.3. The van der Waals surface area contributed by atoms with Crippen molar-refractivity contribution in [3.8, 4) is 28.0 Å². The minimum atomic E-state index is -4.82. The molecule has 2 aromatic carbocycles. The first-order chi connectivity index (χ1) is 16.1. The molecular weight excluding hydrogens is 497 g/mol. The van der Waals surface area contributed by atoms with Gasteiger partial charge in [-0.25, -0.2) is 9.78 Å². The number of aromatic amines is 1. The second-order valence-electron chi connectivity index (χ2n) is 7.05. The van der Waals surface area contributed by atoms with Gasteiger partial charge in [-0.05, 0) is 25.1 Å². The number of aromatic hydroxyl groups is 1. The molecular formula is C22H16ClF3N2O5S. The molecule has 0 aliphatic rings. The number of nitrogens with zero attached hydrogens (tertiary/aromatic N) is 1. The van der Waals surface area contributed by atoms with E-state index < -0.39 is 24.2 Å². The molecule has 0 saturated heterocycles. The Morgan fingerprint density at radius 1 is 1.24 bits per heavy atom. The van der Waals surface area contributed by atoms with Gasteiger partial charge in [0.2, 0.25) is 0 Å². The van der Waals surface area contributed by atoms with Crippen molar-refractivity contribution in [3.63, 3.8) is 0 Å². The highest BCUT2D eigenvalue weighted by molar-refractivity contribution is 7.17. The molecule has 34 heavy (non-hydrogen) atoms. The van der Waals surface area contributed by atoms with Gasteiger partial charge in [0.05, 0.1) is 28.0 Å². The highest BCUT2D eigenvalue weighted by atomic mass is 35.5. The highest BCUT2D eigenvalue weighted by Gasteiger charge is 2.31. The molecule has 7 nitrogen and oxygen atoms in total. The molecule has 0 saturated carbocycles. The first-order valence-corrected chi connectivity index (χ1v) is 10.9. The van der Waals surface area contributed by atoms with Gasteiger partial charge in [-0.3, -0.25) is 0 Å². The third kappa shape index (κ3) is 4.90. The lowest BCUT2D eigenvalue weighted by Crippen LogP contribution is -2.16. The van der Waals surface area contributed by atoms with Crippen LogP contribution in [-0.2, 0) is 4.74 Å². The molecule has 0 bridgehead atoms. The molecule has 2 heterocycles. The molecule has 2 N–H and O–H groups in total. The van der Waals surface area contributed by atoms with Crippen molar-refractivity contribution in [2.24, 2.45) is 0 Å². The smallest absolute Gasteiger partial charge is 0.506 e. The predicted molar refractivity (Wildman–Crippen MR) is 120 cm³/mol. The zero-order valence-electron chi connectivity index (χ0n) is 17.6. The number of carbonyl (C=O) groups is 1. The van der Waals surface area contributed by atoms with Crippen molar-refractivity contribution in [1.29, 1.82) is 0 Å². The maximum atomic E-state index is 12.5. The Labute approximate surface area is 199 Å². The lowest BCUT2D eigenvalue weighted by molar-refractivity contribution is -0.274. The van der Waals surface area contributed by atoms with Crippen LogP contribution in [0.1, 0.15) is 28.3 Å². The van der Waals surface area contributed by atoms with E-state index in [1.165, 1.54) is 25.3 Å². The van der Waals surface area contributed by atoms with Crippen molar-refractivity contribution < 1.29 is 37.3 Å². The molecule has 0 radical (unpaired) electrons. The summed E-state index contributed by atoms with van der Waals surface area (Å²) in [6.45, 7) is 1.70. The molecule has 0 aliphatic carbocycles. The van der Waals surface area contributed by atoms with Crippen LogP contribution >= 0.6 is 22.9 Å². The maximum absolute atomic E-state index is 12.5. The predicted octanol–water partition coefficient (Wildman–Crippen LogP) is 6.48. The zero-order valence-corrected chi connectivity index (χ0v) is 19.1. The molecule has 0 unspecified atom stereocenters. The van der Waals surface area contributed by atoms with Gasteiger partial charge >= 0.3 is 12.3 Å². The highest BCUT2D eigenvalue weighted by Crippen LogP contribution is 2.40. The third-order valence-electron chi connectivity index (χ3n) is 4.74. The third-order valence-corrected chi connectivity index (χ3v) is 6.25. The van der Waals surface area contributed by atoms with E-state index in [2.05, 4.69) is 14.7 Å². The number of methoxy groups -OCH3 is 1. The van der Waals surface area contributed by atoms with Crippen molar-refractivity contribution in [3.05, 3.63) is 57.9 Å². The number of H-pyrrole nitrogens is 1. The number of rotatable bonds is 6. The van der Waals surface area contributed by atoms with Gasteiger partial charge in [-0.1, -0.05) is 23.7 Å². The van der Waals surface area contributed by atoms with Crippen LogP contribution in [0.5, 0.6) is 17.2 Å². The van der Waals surface area contributed by atoms with Gasteiger partial charge in [0, 0.05) is 17.7 Å². The number of ether oxygens (including phenoxy) is 3. The van der Waals surface area contributed by atoms with Gasteiger partial charge in [-0.2, -0.15) is 0 Å². The second-order valence-corrected chi connectivity index (χ2v) is 8.48.